The summed E-state index contributed by atoms with van der Waals surface area (Å²) in [6.07, 6.45) is -2.57. The lowest BCUT2D eigenvalue weighted by Gasteiger charge is -2.32. The Morgan fingerprint density at radius 1 is 0.568 bits per heavy atom. The van der Waals surface area contributed by atoms with Gasteiger partial charge in [0.1, 0.15) is 6.10 Å². The van der Waals surface area contributed by atoms with Crippen LogP contribution in [0, 0.1) is 0 Å². The van der Waals surface area contributed by atoms with Gasteiger partial charge in [0.25, 0.3) is 0 Å². The van der Waals surface area contributed by atoms with Crippen molar-refractivity contribution in [3.05, 3.63) is 108 Å². The highest BCUT2D eigenvalue weighted by Crippen LogP contribution is 2.18. The number of carbonyl (C=O) groups is 2. The summed E-state index contributed by atoms with van der Waals surface area (Å²) >= 11 is 0. The van der Waals surface area contributed by atoms with Gasteiger partial charge in [0.05, 0.1) is 33.0 Å². The molecule has 3 rings (SSSR count). The molecule has 3 aromatic carbocycles. The first kappa shape index (κ1) is 28.1. The van der Waals surface area contributed by atoms with Crippen LogP contribution in [0.1, 0.15) is 30.5 Å². The van der Waals surface area contributed by atoms with E-state index in [1.54, 1.807) is 0 Å². The molecule has 0 heterocycles. The number of hydrogen-bond acceptors (Lipinski definition) is 7. The summed E-state index contributed by atoms with van der Waals surface area (Å²) in [6, 6.07) is 29.0. The highest BCUT2D eigenvalue weighted by molar-refractivity contribution is 5.67. The summed E-state index contributed by atoms with van der Waals surface area (Å²) in [5, 5.41) is 0. The number of rotatable bonds is 15. The molecule has 0 spiro atoms. The summed E-state index contributed by atoms with van der Waals surface area (Å²) < 4.78 is 29.3. The van der Waals surface area contributed by atoms with Gasteiger partial charge >= 0.3 is 11.9 Å². The molecule has 196 valence electrons. The molecule has 0 amide bonds. The molecule has 0 radical (unpaired) electrons. The molecule has 0 aliphatic carbocycles. The number of esters is 2. The van der Waals surface area contributed by atoms with Crippen molar-refractivity contribution in [3.8, 4) is 0 Å². The summed E-state index contributed by atoms with van der Waals surface area (Å²) in [5.41, 5.74) is 2.91. The van der Waals surface area contributed by atoms with Crippen LogP contribution in [0.3, 0.4) is 0 Å². The molecule has 0 aliphatic heterocycles. The van der Waals surface area contributed by atoms with Crippen LogP contribution in [0.25, 0.3) is 0 Å². The number of benzene rings is 3. The lowest BCUT2D eigenvalue weighted by atomic mass is 10.1. The Morgan fingerprint density at radius 3 is 1.41 bits per heavy atom. The van der Waals surface area contributed by atoms with Crippen LogP contribution in [0.4, 0.5) is 0 Å². The lowest BCUT2D eigenvalue weighted by molar-refractivity contribution is -0.191. The SMILES string of the molecule is CC(=O)O[C@H]([C@@H](COCc1ccccc1)OCc1ccccc1)[C@@H](COCc1ccccc1)OC(C)=O. The predicted molar refractivity (Wildman–Crippen MR) is 138 cm³/mol. The molecule has 7 nitrogen and oxygen atoms in total. The van der Waals surface area contributed by atoms with Crippen LogP contribution in [0.5, 0.6) is 0 Å². The Hall–Kier alpha value is -3.52. The second kappa shape index (κ2) is 15.6. The molecule has 7 heteroatoms. The van der Waals surface area contributed by atoms with Gasteiger partial charge in [-0.2, -0.15) is 0 Å². The van der Waals surface area contributed by atoms with E-state index >= 15 is 0 Å². The van der Waals surface area contributed by atoms with Gasteiger partial charge in [0.2, 0.25) is 0 Å². The molecular formula is C30H34O7. The summed E-state index contributed by atoms with van der Waals surface area (Å²) in [6.45, 7) is 3.65. The monoisotopic (exact) mass is 506 g/mol. The van der Waals surface area contributed by atoms with Crippen molar-refractivity contribution in [1.29, 1.82) is 0 Å². The molecule has 0 saturated carbocycles. The molecule has 0 aromatic heterocycles. The molecule has 3 aromatic rings. The second-order valence-electron chi connectivity index (χ2n) is 8.56. The van der Waals surface area contributed by atoms with Crippen molar-refractivity contribution in [2.75, 3.05) is 13.2 Å². The molecule has 37 heavy (non-hydrogen) atoms. The normalized spacial score (nSPS) is 13.4. The fraction of sp³-hybridized carbons (Fsp3) is 0.333. The highest BCUT2D eigenvalue weighted by Gasteiger charge is 2.36. The largest absolute Gasteiger partial charge is 0.456 e. The molecular weight excluding hydrogens is 472 g/mol. The minimum Gasteiger partial charge on any atom is -0.456 e. The van der Waals surface area contributed by atoms with Crippen LogP contribution in [-0.2, 0) is 53.1 Å². The fourth-order valence-corrected chi connectivity index (χ4v) is 3.74. The van der Waals surface area contributed by atoms with Gasteiger partial charge in [0.15, 0.2) is 12.2 Å². The third-order valence-corrected chi connectivity index (χ3v) is 5.45. The quantitative estimate of drug-likeness (QED) is 0.272. The zero-order valence-electron chi connectivity index (χ0n) is 21.3. The number of hydrogen-bond donors (Lipinski definition) is 0. The van der Waals surface area contributed by atoms with Crippen molar-refractivity contribution in [2.24, 2.45) is 0 Å². The number of ether oxygens (including phenoxy) is 5. The van der Waals surface area contributed by atoms with Crippen molar-refractivity contribution < 1.29 is 33.3 Å². The molecule has 3 atom stereocenters. The van der Waals surface area contributed by atoms with Crippen LogP contribution in [0.15, 0.2) is 91.0 Å². The molecule has 0 fully saturated rings. The molecule has 0 bridgehead atoms. The summed E-state index contributed by atoms with van der Waals surface area (Å²) in [7, 11) is 0. The first-order valence-corrected chi connectivity index (χ1v) is 12.2. The molecule has 0 N–H and O–H groups in total. The first-order chi connectivity index (χ1) is 18.0. The molecule has 0 unspecified atom stereocenters. The summed E-state index contributed by atoms with van der Waals surface area (Å²) in [4.78, 5) is 24.1. The Balaban J connectivity index is 1.76. The van der Waals surface area contributed by atoms with Crippen LogP contribution in [0.2, 0.25) is 0 Å². The van der Waals surface area contributed by atoms with Gasteiger partial charge in [-0.3, -0.25) is 9.59 Å². The van der Waals surface area contributed by atoms with Crippen LogP contribution in [-0.4, -0.2) is 43.5 Å². The second-order valence-corrected chi connectivity index (χ2v) is 8.56. The van der Waals surface area contributed by atoms with Gasteiger partial charge in [-0.15, -0.1) is 0 Å². The summed E-state index contributed by atoms with van der Waals surface area (Å²) in [5.74, 6) is -1.04. The average Bonchev–Trinajstić information content (AvgIpc) is 2.90. The standard InChI is InChI=1S/C30H34O7/c1-23(31)36-29(22-34-19-26-14-8-4-9-15-26)30(37-24(2)32)28(35-20-27-16-10-5-11-17-27)21-33-18-25-12-6-3-7-13-25/h3-17,28-30H,18-22H2,1-2H3/t28-,29-,30-/m1/s1. The maximum atomic E-state index is 12.1. The predicted octanol–water partition coefficient (Wildman–Crippen LogP) is 4.87. The van der Waals surface area contributed by atoms with Gasteiger partial charge < -0.3 is 23.7 Å². The van der Waals surface area contributed by atoms with E-state index in [-0.39, 0.29) is 19.8 Å². The van der Waals surface area contributed by atoms with Gasteiger partial charge in [-0.05, 0) is 16.7 Å². The van der Waals surface area contributed by atoms with Crippen molar-refractivity contribution in [1.82, 2.24) is 0 Å². The van der Waals surface area contributed by atoms with E-state index < -0.39 is 30.3 Å². The minimum atomic E-state index is -0.948. The Kier molecular flexibility index (Phi) is 11.8. The van der Waals surface area contributed by atoms with Crippen LogP contribution < -0.4 is 0 Å². The van der Waals surface area contributed by atoms with E-state index in [0.29, 0.717) is 13.2 Å². The van der Waals surface area contributed by atoms with Crippen molar-refractivity contribution in [3.63, 3.8) is 0 Å². The maximum Gasteiger partial charge on any atom is 0.303 e. The van der Waals surface area contributed by atoms with E-state index in [1.807, 2.05) is 91.0 Å². The van der Waals surface area contributed by atoms with Crippen LogP contribution >= 0.6 is 0 Å². The van der Waals surface area contributed by atoms with E-state index in [9.17, 15) is 9.59 Å². The third-order valence-electron chi connectivity index (χ3n) is 5.45. The van der Waals surface area contributed by atoms with Gasteiger partial charge in [-0.1, -0.05) is 91.0 Å². The average molecular weight is 507 g/mol. The molecule has 0 saturated heterocycles. The zero-order chi connectivity index (χ0) is 26.3. The number of carbonyl (C=O) groups excluding carboxylic acids is 2. The smallest absolute Gasteiger partial charge is 0.303 e. The van der Waals surface area contributed by atoms with E-state index in [2.05, 4.69) is 0 Å². The Labute approximate surface area is 218 Å². The Bertz CT molecular complexity index is 1060. The lowest BCUT2D eigenvalue weighted by Crippen LogP contribution is -2.48. The van der Waals surface area contributed by atoms with Gasteiger partial charge in [-0.25, -0.2) is 0 Å². The fourth-order valence-electron chi connectivity index (χ4n) is 3.74. The van der Waals surface area contributed by atoms with E-state index in [4.69, 9.17) is 23.7 Å². The zero-order valence-corrected chi connectivity index (χ0v) is 21.3. The third kappa shape index (κ3) is 10.6. The first-order valence-electron chi connectivity index (χ1n) is 12.2. The van der Waals surface area contributed by atoms with Crippen molar-refractivity contribution >= 4 is 11.9 Å². The minimum absolute atomic E-state index is 0.0102. The Morgan fingerprint density at radius 2 is 0.973 bits per heavy atom. The highest BCUT2D eigenvalue weighted by atomic mass is 16.6. The van der Waals surface area contributed by atoms with Crippen molar-refractivity contribution in [2.45, 2.75) is 52.0 Å². The van der Waals surface area contributed by atoms with E-state index in [1.165, 1.54) is 13.8 Å². The topological polar surface area (TPSA) is 80.3 Å². The van der Waals surface area contributed by atoms with Gasteiger partial charge in [0, 0.05) is 13.8 Å². The molecule has 0 aliphatic rings. The maximum absolute atomic E-state index is 12.1. The van der Waals surface area contributed by atoms with E-state index in [0.717, 1.165) is 16.7 Å².